The van der Waals surface area contributed by atoms with Gasteiger partial charge in [-0.1, -0.05) is 38.8 Å². The Labute approximate surface area is 111 Å². The Kier molecular flexibility index (Phi) is 7.18. The lowest BCUT2D eigenvalue weighted by Gasteiger charge is -2.14. The standard InChI is InChI=1S/C15H24OS/c1-3-5-13-7-9-15(10-8-13)16-11-14(12-17)6-4-2/h7-10,14,17H,3-6,11-12H2,1-2H3. The van der Waals surface area contributed by atoms with E-state index >= 15 is 0 Å². The number of rotatable bonds is 8. The van der Waals surface area contributed by atoms with Gasteiger partial charge in [0.05, 0.1) is 6.61 Å². The van der Waals surface area contributed by atoms with Crippen LogP contribution in [0.25, 0.3) is 0 Å². The van der Waals surface area contributed by atoms with E-state index in [9.17, 15) is 0 Å². The molecule has 0 fully saturated rings. The van der Waals surface area contributed by atoms with Crippen molar-refractivity contribution in [2.75, 3.05) is 12.4 Å². The van der Waals surface area contributed by atoms with Gasteiger partial charge in [-0.3, -0.25) is 0 Å². The van der Waals surface area contributed by atoms with Crippen molar-refractivity contribution in [3.8, 4) is 5.75 Å². The first-order valence-electron chi connectivity index (χ1n) is 6.62. The van der Waals surface area contributed by atoms with Crippen molar-refractivity contribution >= 4 is 12.6 Å². The summed E-state index contributed by atoms with van der Waals surface area (Å²) in [7, 11) is 0. The van der Waals surface area contributed by atoms with Crippen LogP contribution >= 0.6 is 12.6 Å². The van der Waals surface area contributed by atoms with Gasteiger partial charge in [-0.25, -0.2) is 0 Å². The molecule has 1 nitrogen and oxygen atoms in total. The Morgan fingerprint density at radius 1 is 1.12 bits per heavy atom. The average Bonchev–Trinajstić information content (AvgIpc) is 2.36. The molecule has 0 saturated heterocycles. The predicted molar refractivity (Wildman–Crippen MR) is 78.2 cm³/mol. The zero-order valence-electron chi connectivity index (χ0n) is 11.0. The molecule has 2 heteroatoms. The molecule has 0 aliphatic heterocycles. The fourth-order valence-corrected chi connectivity index (χ4v) is 2.18. The number of thiol groups is 1. The lowest BCUT2D eigenvalue weighted by atomic mass is 10.1. The molecule has 0 N–H and O–H groups in total. The summed E-state index contributed by atoms with van der Waals surface area (Å²) in [5, 5.41) is 0. The van der Waals surface area contributed by atoms with Crippen LogP contribution in [0.4, 0.5) is 0 Å². The van der Waals surface area contributed by atoms with Crippen molar-refractivity contribution in [1.29, 1.82) is 0 Å². The topological polar surface area (TPSA) is 9.23 Å². The van der Waals surface area contributed by atoms with Crippen LogP contribution in [0.5, 0.6) is 5.75 Å². The molecule has 17 heavy (non-hydrogen) atoms. The van der Waals surface area contributed by atoms with Crippen LogP contribution in [-0.2, 0) is 6.42 Å². The Morgan fingerprint density at radius 3 is 2.35 bits per heavy atom. The molecule has 0 radical (unpaired) electrons. The maximum Gasteiger partial charge on any atom is 0.119 e. The maximum absolute atomic E-state index is 5.80. The van der Waals surface area contributed by atoms with Gasteiger partial charge in [-0.15, -0.1) is 0 Å². The summed E-state index contributed by atoms with van der Waals surface area (Å²) in [6, 6.07) is 8.47. The smallest absolute Gasteiger partial charge is 0.119 e. The highest BCUT2D eigenvalue weighted by Crippen LogP contribution is 2.16. The zero-order valence-corrected chi connectivity index (χ0v) is 11.9. The number of ether oxygens (including phenoxy) is 1. The van der Waals surface area contributed by atoms with E-state index in [1.54, 1.807) is 0 Å². The van der Waals surface area contributed by atoms with E-state index in [4.69, 9.17) is 4.74 Å². The summed E-state index contributed by atoms with van der Waals surface area (Å²) < 4.78 is 5.80. The summed E-state index contributed by atoms with van der Waals surface area (Å²) in [6.45, 7) is 5.19. The van der Waals surface area contributed by atoms with Crippen LogP contribution < -0.4 is 4.74 Å². The minimum atomic E-state index is 0.568. The molecule has 0 aromatic heterocycles. The molecule has 0 heterocycles. The molecule has 0 spiro atoms. The second kappa shape index (κ2) is 8.46. The normalized spacial score (nSPS) is 12.4. The molecular weight excluding hydrogens is 228 g/mol. The van der Waals surface area contributed by atoms with Crippen LogP contribution in [0.3, 0.4) is 0 Å². The van der Waals surface area contributed by atoms with Gasteiger partial charge >= 0.3 is 0 Å². The molecule has 0 saturated carbocycles. The molecule has 1 atom stereocenters. The van der Waals surface area contributed by atoms with Gasteiger partial charge in [-0.2, -0.15) is 12.6 Å². The van der Waals surface area contributed by atoms with E-state index in [0.29, 0.717) is 5.92 Å². The summed E-state index contributed by atoms with van der Waals surface area (Å²) in [4.78, 5) is 0. The van der Waals surface area contributed by atoms with Gasteiger partial charge in [0.25, 0.3) is 0 Å². The minimum Gasteiger partial charge on any atom is -0.493 e. The second-order valence-electron chi connectivity index (χ2n) is 4.54. The molecule has 0 aliphatic carbocycles. The lowest BCUT2D eigenvalue weighted by Crippen LogP contribution is -2.13. The summed E-state index contributed by atoms with van der Waals surface area (Å²) >= 11 is 4.36. The molecular formula is C15H24OS. The van der Waals surface area contributed by atoms with E-state index in [2.05, 4.69) is 50.7 Å². The van der Waals surface area contributed by atoms with Crippen LogP contribution in [-0.4, -0.2) is 12.4 Å². The van der Waals surface area contributed by atoms with Crippen LogP contribution in [0.2, 0.25) is 0 Å². The van der Waals surface area contributed by atoms with Gasteiger partial charge in [0, 0.05) is 5.92 Å². The summed E-state index contributed by atoms with van der Waals surface area (Å²) in [6.07, 6.45) is 4.73. The fraction of sp³-hybridized carbons (Fsp3) is 0.600. The second-order valence-corrected chi connectivity index (χ2v) is 4.91. The Morgan fingerprint density at radius 2 is 1.82 bits per heavy atom. The summed E-state index contributed by atoms with van der Waals surface area (Å²) in [5.41, 5.74) is 1.39. The van der Waals surface area contributed by atoms with Crippen LogP contribution in [0, 0.1) is 5.92 Å². The monoisotopic (exact) mass is 252 g/mol. The van der Waals surface area contributed by atoms with Crippen molar-refractivity contribution in [3.63, 3.8) is 0 Å². The molecule has 0 amide bonds. The van der Waals surface area contributed by atoms with Gasteiger partial charge in [0.1, 0.15) is 5.75 Å². The average molecular weight is 252 g/mol. The number of hydrogen-bond donors (Lipinski definition) is 1. The van der Waals surface area contributed by atoms with E-state index in [1.807, 2.05) is 0 Å². The van der Waals surface area contributed by atoms with E-state index in [1.165, 1.54) is 24.8 Å². The van der Waals surface area contributed by atoms with E-state index in [0.717, 1.165) is 24.5 Å². The number of aryl methyl sites for hydroxylation is 1. The quantitative estimate of drug-likeness (QED) is 0.676. The zero-order chi connectivity index (χ0) is 12.5. The van der Waals surface area contributed by atoms with Crippen LogP contribution in [0.1, 0.15) is 38.7 Å². The minimum absolute atomic E-state index is 0.568. The third-order valence-electron chi connectivity index (χ3n) is 2.90. The van der Waals surface area contributed by atoms with E-state index in [-0.39, 0.29) is 0 Å². The van der Waals surface area contributed by atoms with Gasteiger partial charge in [0.2, 0.25) is 0 Å². The van der Waals surface area contributed by atoms with Gasteiger partial charge in [-0.05, 0) is 36.3 Å². The third-order valence-corrected chi connectivity index (χ3v) is 3.42. The fourth-order valence-electron chi connectivity index (χ4n) is 1.89. The molecule has 1 aromatic carbocycles. The third kappa shape index (κ3) is 5.49. The highest BCUT2D eigenvalue weighted by atomic mass is 32.1. The van der Waals surface area contributed by atoms with Crippen molar-refractivity contribution in [3.05, 3.63) is 29.8 Å². The van der Waals surface area contributed by atoms with Crippen molar-refractivity contribution < 1.29 is 4.74 Å². The largest absolute Gasteiger partial charge is 0.493 e. The molecule has 1 aromatic rings. The first-order chi connectivity index (χ1) is 8.30. The Hall–Kier alpha value is -0.630. The number of hydrogen-bond acceptors (Lipinski definition) is 2. The lowest BCUT2D eigenvalue weighted by molar-refractivity contribution is 0.254. The van der Waals surface area contributed by atoms with Crippen molar-refractivity contribution in [2.24, 2.45) is 5.92 Å². The Balaban J connectivity index is 2.40. The van der Waals surface area contributed by atoms with Crippen molar-refractivity contribution in [1.82, 2.24) is 0 Å². The molecule has 0 bridgehead atoms. The van der Waals surface area contributed by atoms with Gasteiger partial charge < -0.3 is 4.74 Å². The first-order valence-corrected chi connectivity index (χ1v) is 7.26. The summed E-state index contributed by atoms with van der Waals surface area (Å²) in [5.74, 6) is 2.45. The highest BCUT2D eigenvalue weighted by Gasteiger charge is 2.06. The number of benzene rings is 1. The molecule has 96 valence electrons. The van der Waals surface area contributed by atoms with Gasteiger partial charge in [0.15, 0.2) is 0 Å². The van der Waals surface area contributed by atoms with Crippen LogP contribution in [0.15, 0.2) is 24.3 Å². The molecule has 0 aliphatic rings. The van der Waals surface area contributed by atoms with E-state index < -0.39 is 0 Å². The maximum atomic E-state index is 5.80. The SMILES string of the molecule is CCCc1ccc(OCC(CS)CCC)cc1. The molecule has 1 rings (SSSR count). The van der Waals surface area contributed by atoms with Crippen molar-refractivity contribution in [2.45, 2.75) is 39.5 Å². The molecule has 1 unspecified atom stereocenters. The Bertz CT molecular complexity index is 294. The predicted octanol–water partition coefficient (Wildman–Crippen LogP) is 4.36. The highest BCUT2D eigenvalue weighted by molar-refractivity contribution is 7.80. The first kappa shape index (κ1) is 14.4.